The molecule has 0 N–H and O–H groups in total. The summed E-state index contributed by atoms with van der Waals surface area (Å²) >= 11 is 0. The van der Waals surface area contributed by atoms with Gasteiger partial charge in [-0.25, -0.2) is 0 Å². The number of carbonyl (C=O) groups excluding carboxylic acids is 1. The SMILES string of the molecule is CCN(CC)CC(CN(CC)CC)OC(=O)C(c1ccccc1)c1ccccc1. The summed E-state index contributed by atoms with van der Waals surface area (Å²) in [6.07, 6.45) is -0.155. The van der Waals surface area contributed by atoms with Crippen molar-refractivity contribution in [2.75, 3.05) is 39.3 Å². The minimum absolute atomic E-state index is 0.155. The Hall–Kier alpha value is -2.17. The minimum atomic E-state index is -0.409. The second kappa shape index (κ2) is 12.4. The largest absolute Gasteiger partial charge is 0.459 e. The highest BCUT2D eigenvalue weighted by molar-refractivity contribution is 5.82. The maximum Gasteiger partial charge on any atom is 0.318 e. The van der Waals surface area contributed by atoms with Crippen LogP contribution >= 0.6 is 0 Å². The Balaban J connectivity index is 2.26. The van der Waals surface area contributed by atoms with Gasteiger partial charge in [0.1, 0.15) is 12.0 Å². The van der Waals surface area contributed by atoms with E-state index in [2.05, 4.69) is 37.5 Å². The fourth-order valence-electron chi connectivity index (χ4n) is 3.66. The number of hydrogen-bond donors (Lipinski definition) is 0. The summed E-state index contributed by atoms with van der Waals surface area (Å²) < 4.78 is 6.17. The van der Waals surface area contributed by atoms with Gasteiger partial charge < -0.3 is 14.5 Å². The zero-order valence-corrected chi connectivity index (χ0v) is 18.4. The highest BCUT2D eigenvalue weighted by Gasteiger charge is 2.28. The van der Waals surface area contributed by atoms with E-state index in [9.17, 15) is 4.79 Å². The molecule has 0 aliphatic rings. The monoisotopic (exact) mass is 396 g/mol. The quantitative estimate of drug-likeness (QED) is 0.498. The van der Waals surface area contributed by atoms with Crippen molar-refractivity contribution >= 4 is 5.97 Å². The van der Waals surface area contributed by atoms with Crippen molar-refractivity contribution in [1.29, 1.82) is 0 Å². The van der Waals surface area contributed by atoms with Crippen LogP contribution in [0.3, 0.4) is 0 Å². The van der Waals surface area contributed by atoms with Crippen LogP contribution in [0.1, 0.15) is 44.7 Å². The minimum Gasteiger partial charge on any atom is -0.459 e. The molecule has 0 heterocycles. The molecular weight excluding hydrogens is 360 g/mol. The molecule has 158 valence electrons. The molecule has 0 saturated heterocycles. The second-order valence-electron chi connectivity index (χ2n) is 7.28. The number of benzene rings is 2. The van der Waals surface area contributed by atoms with Gasteiger partial charge in [0, 0.05) is 13.1 Å². The first kappa shape index (κ1) is 23.1. The normalized spacial score (nSPS) is 11.6. The number of hydrogen-bond acceptors (Lipinski definition) is 4. The van der Waals surface area contributed by atoms with E-state index in [4.69, 9.17) is 4.74 Å². The van der Waals surface area contributed by atoms with Crippen molar-refractivity contribution in [3.8, 4) is 0 Å². The molecule has 4 nitrogen and oxygen atoms in total. The van der Waals surface area contributed by atoms with E-state index < -0.39 is 5.92 Å². The summed E-state index contributed by atoms with van der Waals surface area (Å²) in [6, 6.07) is 19.9. The molecule has 29 heavy (non-hydrogen) atoms. The average molecular weight is 397 g/mol. The van der Waals surface area contributed by atoms with Gasteiger partial charge in [0.05, 0.1) is 0 Å². The molecule has 4 heteroatoms. The lowest BCUT2D eigenvalue weighted by Crippen LogP contribution is -2.43. The van der Waals surface area contributed by atoms with E-state index in [1.54, 1.807) is 0 Å². The third-order valence-electron chi connectivity index (χ3n) is 5.50. The number of likely N-dealkylation sites (N-methyl/N-ethyl adjacent to an activating group) is 2. The molecule has 0 amide bonds. The highest BCUT2D eigenvalue weighted by atomic mass is 16.5. The molecule has 0 saturated carbocycles. The number of esters is 1. The Bertz CT molecular complexity index is 644. The van der Waals surface area contributed by atoms with E-state index in [1.165, 1.54) is 0 Å². The predicted molar refractivity (Wildman–Crippen MR) is 120 cm³/mol. The molecule has 0 unspecified atom stereocenters. The van der Waals surface area contributed by atoms with Gasteiger partial charge in [0.2, 0.25) is 0 Å². The van der Waals surface area contributed by atoms with E-state index in [0.29, 0.717) is 0 Å². The van der Waals surface area contributed by atoms with Crippen LogP contribution in [0, 0.1) is 0 Å². The lowest BCUT2D eigenvalue weighted by molar-refractivity contribution is -0.151. The number of nitrogens with zero attached hydrogens (tertiary/aromatic N) is 2. The van der Waals surface area contributed by atoms with Crippen LogP contribution < -0.4 is 0 Å². The van der Waals surface area contributed by atoms with E-state index in [1.807, 2.05) is 60.7 Å². The van der Waals surface area contributed by atoms with Gasteiger partial charge >= 0.3 is 5.97 Å². The zero-order chi connectivity index (χ0) is 21.1. The molecule has 0 fully saturated rings. The molecule has 0 atom stereocenters. The molecule has 0 aromatic heterocycles. The van der Waals surface area contributed by atoms with Gasteiger partial charge in [0.15, 0.2) is 0 Å². The number of carbonyl (C=O) groups is 1. The Morgan fingerprint density at radius 2 is 1.10 bits per heavy atom. The first-order valence-electron chi connectivity index (χ1n) is 10.9. The van der Waals surface area contributed by atoms with E-state index >= 15 is 0 Å². The van der Waals surface area contributed by atoms with Crippen molar-refractivity contribution in [3.63, 3.8) is 0 Å². The fraction of sp³-hybridized carbons (Fsp3) is 0.480. The van der Waals surface area contributed by atoms with Crippen molar-refractivity contribution in [2.24, 2.45) is 0 Å². The molecule has 2 aromatic rings. The van der Waals surface area contributed by atoms with Gasteiger partial charge in [0.25, 0.3) is 0 Å². The maximum atomic E-state index is 13.4. The zero-order valence-electron chi connectivity index (χ0n) is 18.4. The summed E-state index contributed by atoms with van der Waals surface area (Å²) in [5, 5.41) is 0. The number of ether oxygens (including phenoxy) is 1. The Kier molecular flexibility index (Phi) is 9.89. The van der Waals surface area contributed by atoms with Crippen LogP contribution in [-0.4, -0.2) is 61.1 Å². The summed E-state index contributed by atoms with van der Waals surface area (Å²) in [5.74, 6) is -0.583. The van der Waals surface area contributed by atoms with Crippen LogP contribution in [0.4, 0.5) is 0 Å². The standard InChI is InChI=1S/C25H36N2O2/c1-5-26(6-2)19-23(20-27(7-3)8-4)29-25(28)24(21-15-11-9-12-16-21)22-17-13-10-14-18-22/h9-18,23-24H,5-8,19-20H2,1-4H3. The molecular formula is C25H36N2O2. The first-order chi connectivity index (χ1) is 14.1. The summed E-state index contributed by atoms with van der Waals surface area (Å²) in [5.41, 5.74) is 1.93. The summed E-state index contributed by atoms with van der Waals surface area (Å²) in [6.45, 7) is 13.9. The Morgan fingerprint density at radius 1 is 0.724 bits per heavy atom. The first-order valence-corrected chi connectivity index (χ1v) is 10.9. The lowest BCUT2D eigenvalue weighted by atomic mass is 9.91. The second-order valence-corrected chi connectivity index (χ2v) is 7.28. The predicted octanol–water partition coefficient (Wildman–Crippen LogP) is 4.41. The van der Waals surface area contributed by atoms with E-state index in [0.717, 1.165) is 50.4 Å². The molecule has 0 bridgehead atoms. The summed E-state index contributed by atoms with van der Waals surface area (Å²) in [7, 11) is 0. The van der Waals surface area contributed by atoms with Crippen LogP contribution in [0.2, 0.25) is 0 Å². The van der Waals surface area contributed by atoms with E-state index in [-0.39, 0.29) is 12.1 Å². The van der Waals surface area contributed by atoms with Crippen LogP contribution in [-0.2, 0) is 9.53 Å². The van der Waals surface area contributed by atoms with Gasteiger partial charge in [-0.1, -0.05) is 88.4 Å². The average Bonchev–Trinajstić information content (AvgIpc) is 2.77. The lowest BCUT2D eigenvalue weighted by Gasteiger charge is -2.30. The molecule has 0 aliphatic carbocycles. The van der Waals surface area contributed by atoms with Gasteiger partial charge in [-0.15, -0.1) is 0 Å². The van der Waals surface area contributed by atoms with Crippen molar-refractivity contribution in [3.05, 3.63) is 71.8 Å². The Morgan fingerprint density at radius 3 is 1.45 bits per heavy atom. The molecule has 0 spiro atoms. The molecule has 0 aliphatic heterocycles. The number of rotatable bonds is 12. The summed E-state index contributed by atoms with van der Waals surface area (Å²) in [4.78, 5) is 18.1. The fourth-order valence-corrected chi connectivity index (χ4v) is 3.66. The maximum absolute atomic E-state index is 13.4. The van der Waals surface area contributed by atoms with Crippen molar-refractivity contribution in [2.45, 2.75) is 39.7 Å². The van der Waals surface area contributed by atoms with Crippen LogP contribution in [0.25, 0.3) is 0 Å². The Labute approximate surface area is 176 Å². The highest BCUT2D eigenvalue weighted by Crippen LogP contribution is 2.26. The molecule has 2 aromatic carbocycles. The smallest absolute Gasteiger partial charge is 0.318 e. The van der Waals surface area contributed by atoms with Crippen molar-refractivity contribution < 1.29 is 9.53 Å². The third-order valence-corrected chi connectivity index (χ3v) is 5.50. The molecule has 2 rings (SSSR count). The van der Waals surface area contributed by atoms with Crippen molar-refractivity contribution in [1.82, 2.24) is 9.80 Å². The van der Waals surface area contributed by atoms with Crippen LogP contribution in [0.15, 0.2) is 60.7 Å². The molecule has 0 radical (unpaired) electrons. The third kappa shape index (κ3) is 6.98. The topological polar surface area (TPSA) is 32.8 Å². The van der Waals surface area contributed by atoms with Crippen LogP contribution in [0.5, 0.6) is 0 Å². The van der Waals surface area contributed by atoms with Gasteiger partial charge in [-0.3, -0.25) is 4.79 Å². The van der Waals surface area contributed by atoms with Gasteiger partial charge in [-0.05, 0) is 37.3 Å². The van der Waals surface area contributed by atoms with Gasteiger partial charge in [-0.2, -0.15) is 0 Å².